The van der Waals surface area contributed by atoms with E-state index in [0.29, 0.717) is 30.4 Å². The van der Waals surface area contributed by atoms with Gasteiger partial charge in [-0.15, -0.1) is 0 Å². The van der Waals surface area contributed by atoms with Gasteiger partial charge in [-0.25, -0.2) is 8.42 Å². The molecule has 0 amide bonds. The Balaban J connectivity index is 2.23. The third-order valence-electron chi connectivity index (χ3n) is 3.42. The number of nitrogens with zero attached hydrogens (tertiary/aromatic N) is 1. The van der Waals surface area contributed by atoms with Gasteiger partial charge in [0.1, 0.15) is 0 Å². The van der Waals surface area contributed by atoms with Gasteiger partial charge in [0.2, 0.25) is 10.0 Å². The minimum Gasteiger partial charge on any atom is -0.326 e. The maximum absolute atomic E-state index is 12.4. The van der Waals surface area contributed by atoms with Crippen LogP contribution in [-0.4, -0.2) is 25.8 Å². The van der Waals surface area contributed by atoms with Gasteiger partial charge in [-0.1, -0.05) is 19.1 Å². The SMILES string of the molecule is CC1CCCN(S(=O)(=O)c2ccc(CN)cc2)C1. The molecule has 18 heavy (non-hydrogen) atoms. The lowest BCUT2D eigenvalue weighted by molar-refractivity contribution is 0.281. The van der Waals surface area contributed by atoms with E-state index >= 15 is 0 Å². The number of hydrogen-bond donors (Lipinski definition) is 1. The summed E-state index contributed by atoms with van der Waals surface area (Å²) < 4.78 is 26.5. The van der Waals surface area contributed by atoms with Gasteiger partial charge in [0, 0.05) is 19.6 Å². The Hall–Kier alpha value is -0.910. The Kier molecular flexibility index (Phi) is 4.04. The van der Waals surface area contributed by atoms with E-state index in [0.717, 1.165) is 18.4 Å². The predicted molar refractivity (Wildman–Crippen MR) is 71.5 cm³/mol. The molecule has 2 N–H and O–H groups in total. The van der Waals surface area contributed by atoms with E-state index in [-0.39, 0.29) is 0 Å². The number of hydrogen-bond acceptors (Lipinski definition) is 3. The zero-order valence-corrected chi connectivity index (χ0v) is 11.5. The summed E-state index contributed by atoms with van der Waals surface area (Å²) in [6.45, 7) is 3.78. The zero-order valence-electron chi connectivity index (χ0n) is 10.7. The quantitative estimate of drug-likeness (QED) is 0.905. The number of benzene rings is 1. The van der Waals surface area contributed by atoms with Crippen molar-refractivity contribution in [1.29, 1.82) is 0 Å². The van der Waals surface area contributed by atoms with E-state index in [1.165, 1.54) is 0 Å². The van der Waals surface area contributed by atoms with Crippen LogP contribution in [0.5, 0.6) is 0 Å². The Labute approximate surface area is 109 Å². The highest BCUT2D eigenvalue weighted by Crippen LogP contribution is 2.23. The molecule has 1 unspecified atom stereocenters. The van der Waals surface area contributed by atoms with Crippen LogP contribution in [0.4, 0.5) is 0 Å². The molecule has 1 aliphatic rings. The molecule has 1 saturated heterocycles. The summed E-state index contributed by atoms with van der Waals surface area (Å²) >= 11 is 0. The van der Waals surface area contributed by atoms with E-state index in [1.807, 2.05) is 0 Å². The van der Waals surface area contributed by atoms with E-state index in [4.69, 9.17) is 5.73 Å². The molecule has 0 radical (unpaired) electrons. The molecule has 1 aromatic carbocycles. The van der Waals surface area contributed by atoms with Gasteiger partial charge in [-0.3, -0.25) is 0 Å². The van der Waals surface area contributed by atoms with Gasteiger partial charge in [0.05, 0.1) is 4.90 Å². The van der Waals surface area contributed by atoms with Crippen molar-refractivity contribution in [2.75, 3.05) is 13.1 Å². The van der Waals surface area contributed by atoms with Crippen LogP contribution in [0.1, 0.15) is 25.3 Å². The van der Waals surface area contributed by atoms with Crippen molar-refractivity contribution in [1.82, 2.24) is 4.31 Å². The van der Waals surface area contributed by atoms with Crippen LogP contribution < -0.4 is 5.73 Å². The van der Waals surface area contributed by atoms with Crippen LogP contribution in [0.3, 0.4) is 0 Å². The van der Waals surface area contributed by atoms with Gasteiger partial charge in [-0.05, 0) is 36.5 Å². The molecule has 0 spiro atoms. The Morgan fingerprint density at radius 2 is 2.00 bits per heavy atom. The summed E-state index contributed by atoms with van der Waals surface area (Å²) in [5.41, 5.74) is 6.46. The number of sulfonamides is 1. The monoisotopic (exact) mass is 268 g/mol. The molecular weight excluding hydrogens is 248 g/mol. The van der Waals surface area contributed by atoms with Crippen molar-refractivity contribution in [2.45, 2.75) is 31.2 Å². The smallest absolute Gasteiger partial charge is 0.243 e. The number of piperidine rings is 1. The minimum atomic E-state index is -3.33. The Bertz CT molecular complexity index is 496. The fourth-order valence-corrected chi connectivity index (χ4v) is 3.91. The first kappa shape index (κ1) is 13.5. The number of nitrogens with two attached hydrogens (primary N) is 1. The molecule has 2 rings (SSSR count). The van der Waals surface area contributed by atoms with Gasteiger partial charge in [0.15, 0.2) is 0 Å². The van der Waals surface area contributed by atoms with Crippen molar-refractivity contribution >= 4 is 10.0 Å². The molecule has 1 aromatic rings. The van der Waals surface area contributed by atoms with Crippen LogP contribution >= 0.6 is 0 Å². The molecule has 1 fully saturated rings. The molecule has 0 aliphatic carbocycles. The molecule has 0 aromatic heterocycles. The van der Waals surface area contributed by atoms with Gasteiger partial charge in [-0.2, -0.15) is 4.31 Å². The van der Waals surface area contributed by atoms with Crippen molar-refractivity contribution in [3.8, 4) is 0 Å². The van der Waals surface area contributed by atoms with E-state index in [9.17, 15) is 8.42 Å². The standard InChI is InChI=1S/C13H20N2O2S/c1-11-3-2-8-15(10-11)18(16,17)13-6-4-12(9-14)5-7-13/h4-7,11H,2-3,8-10,14H2,1H3. The average molecular weight is 268 g/mol. The predicted octanol–water partition coefficient (Wildman–Crippen LogP) is 1.57. The lowest BCUT2D eigenvalue weighted by atomic mass is 10.0. The summed E-state index contributed by atoms with van der Waals surface area (Å²) in [6, 6.07) is 6.86. The highest BCUT2D eigenvalue weighted by atomic mass is 32.2. The third kappa shape index (κ3) is 2.74. The molecule has 0 bridgehead atoms. The van der Waals surface area contributed by atoms with Crippen LogP contribution in [0.2, 0.25) is 0 Å². The zero-order chi connectivity index (χ0) is 13.2. The molecule has 1 heterocycles. The largest absolute Gasteiger partial charge is 0.326 e. The summed E-state index contributed by atoms with van der Waals surface area (Å²) in [6.07, 6.45) is 2.05. The van der Waals surface area contributed by atoms with Crippen LogP contribution in [0, 0.1) is 5.92 Å². The third-order valence-corrected chi connectivity index (χ3v) is 5.30. The second-order valence-corrected chi connectivity index (χ2v) is 6.90. The highest BCUT2D eigenvalue weighted by molar-refractivity contribution is 7.89. The van der Waals surface area contributed by atoms with E-state index < -0.39 is 10.0 Å². The summed E-state index contributed by atoms with van der Waals surface area (Å²) in [4.78, 5) is 0.369. The van der Waals surface area contributed by atoms with E-state index in [2.05, 4.69) is 6.92 Å². The number of rotatable bonds is 3. The first-order valence-corrected chi connectivity index (χ1v) is 7.77. The molecule has 0 saturated carbocycles. The van der Waals surface area contributed by atoms with Crippen molar-refractivity contribution in [2.24, 2.45) is 11.7 Å². The lowest BCUT2D eigenvalue weighted by Gasteiger charge is -2.30. The molecule has 1 atom stereocenters. The first-order chi connectivity index (χ1) is 8.54. The fourth-order valence-electron chi connectivity index (χ4n) is 2.31. The van der Waals surface area contributed by atoms with Crippen LogP contribution in [0.15, 0.2) is 29.2 Å². The summed E-state index contributed by atoms with van der Waals surface area (Å²) in [7, 11) is -3.33. The minimum absolute atomic E-state index is 0.369. The molecule has 5 heteroatoms. The molecule has 4 nitrogen and oxygen atoms in total. The second-order valence-electron chi connectivity index (χ2n) is 4.96. The van der Waals surface area contributed by atoms with Crippen molar-refractivity contribution in [3.05, 3.63) is 29.8 Å². The first-order valence-electron chi connectivity index (χ1n) is 6.33. The normalized spacial score (nSPS) is 22.0. The highest BCUT2D eigenvalue weighted by Gasteiger charge is 2.28. The van der Waals surface area contributed by atoms with Crippen molar-refractivity contribution < 1.29 is 8.42 Å². The van der Waals surface area contributed by atoms with Crippen molar-refractivity contribution in [3.63, 3.8) is 0 Å². The van der Waals surface area contributed by atoms with Gasteiger partial charge in [0.25, 0.3) is 0 Å². The Morgan fingerprint density at radius 1 is 1.33 bits per heavy atom. The van der Waals surface area contributed by atoms with Crippen LogP contribution in [-0.2, 0) is 16.6 Å². The van der Waals surface area contributed by atoms with Gasteiger partial charge >= 0.3 is 0 Å². The average Bonchev–Trinajstić information content (AvgIpc) is 2.39. The fraction of sp³-hybridized carbons (Fsp3) is 0.538. The molecule has 1 aliphatic heterocycles. The molecule has 100 valence electrons. The lowest BCUT2D eigenvalue weighted by Crippen LogP contribution is -2.39. The second kappa shape index (κ2) is 5.38. The Morgan fingerprint density at radius 3 is 2.56 bits per heavy atom. The molecular formula is C13H20N2O2S. The van der Waals surface area contributed by atoms with Gasteiger partial charge < -0.3 is 5.73 Å². The maximum Gasteiger partial charge on any atom is 0.243 e. The summed E-state index contributed by atoms with van der Waals surface area (Å²) in [5, 5.41) is 0. The van der Waals surface area contributed by atoms with Crippen LogP contribution in [0.25, 0.3) is 0 Å². The van der Waals surface area contributed by atoms with E-state index in [1.54, 1.807) is 28.6 Å². The maximum atomic E-state index is 12.4. The topological polar surface area (TPSA) is 63.4 Å². The summed E-state index contributed by atoms with van der Waals surface area (Å²) in [5.74, 6) is 0.442.